The van der Waals surface area contributed by atoms with Crippen molar-refractivity contribution in [3.05, 3.63) is 88.2 Å². The van der Waals surface area contributed by atoms with Gasteiger partial charge in [-0.05, 0) is 37.3 Å². The molecule has 0 bridgehead atoms. The molecule has 3 aromatic rings. The van der Waals surface area contributed by atoms with E-state index in [1.165, 1.54) is 5.56 Å². The van der Waals surface area contributed by atoms with E-state index < -0.39 is 0 Å². The van der Waals surface area contributed by atoms with Crippen molar-refractivity contribution in [2.75, 3.05) is 6.54 Å². The van der Waals surface area contributed by atoms with Gasteiger partial charge in [-0.3, -0.25) is 4.79 Å². The first-order valence-corrected chi connectivity index (χ1v) is 9.62. The molecule has 0 unspecified atom stereocenters. The Kier molecular flexibility index (Phi) is 6.66. The molecule has 0 atom stereocenters. The number of unbranched alkanes of at least 4 members (excludes halogenated alkanes) is 1. The van der Waals surface area contributed by atoms with E-state index in [2.05, 4.69) is 34.7 Å². The highest BCUT2D eigenvalue weighted by Crippen LogP contribution is 2.21. The molecule has 0 saturated carbocycles. The second-order valence-electron chi connectivity index (χ2n) is 6.59. The SMILES string of the molecule is Cc1nn(Cc2ccccc2)c(Cl)c1C(=O)NCCCCc1ccccc1. The second kappa shape index (κ2) is 9.38. The molecule has 1 N–H and O–H groups in total. The highest BCUT2D eigenvalue weighted by molar-refractivity contribution is 6.33. The maximum atomic E-state index is 12.5. The van der Waals surface area contributed by atoms with Gasteiger partial charge in [-0.15, -0.1) is 0 Å². The predicted octanol–water partition coefficient (Wildman–Crippen LogP) is 4.65. The molecule has 2 aromatic carbocycles. The first-order valence-electron chi connectivity index (χ1n) is 9.24. The van der Waals surface area contributed by atoms with Crippen LogP contribution in [0.4, 0.5) is 0 Å². The van der Waals surface area contributed by atoms with Crippen LogP contribution in [0.2, 0.25) is 5.15 Å². The number of hydrogen-bond acceptors (Lipinski definition) is 2. The van der Waals surface area contributed by atoms with Gasteiger partial charge in [0.15, 0.2) is 0 Å². The summed E-state index contributed by atoms with van der Waals surface area (Å²) in [7, 11) is 0. The van der Waals surface area contributed by atoms with Crippen molar-refractivity contribution < 1.29 is 4.79 Å². The van der Waals surface area contributed by atoms with Crippen molar-refractivity contribution in [3.8, 4) is 0 Å². The lowest BCUT2D eigenvalue weighted by molar-refractivity contribution is 0.0952. The molecule has 1 heterocycles. The lowest BCUT2D eigenvalue weighted by Gasteiger charge is -2.06. The minimum Gasteiger partial charge on any atom is -0.352 e. The molecule has 0 aliphatic carbocycles. The van der Waals surface area contributed by atoms with Gasteiger partial charge in [0, 0.05) is 6.54 Å². The third-order valence-electron chi connectivity index (χ3n) is 4.49. The molecule has 3 rings (SSSR count). The number of benzene rings is 2. The van der Waals surface area contributed by atoms with Crippen molar-refractivity contribution in [3.63, 3.8) is 0 Å². The van der Waals surface area contributed by atoms with E-state index in [9.17, 15) is 4.79 Å². The van der Waals surface area contributed by atoms with Gasteiger partial charge < -0.3 is 5.32 Å². The van der Waals surface area contributed by atoms with Crippen LogP contribution in [-0.4, -0.2) is 22.2 Å². The van der Waals surface area contributed by atoms with Gasteiger partial charge in [0.25, 0.3) is 5.91 Å². The monoisotopic (exact) mass is 381 g/mol. The molecule has 140 valence electrons. The summed E-state index contributed by atoms with van der Waals surface area (Å²) in [5, 5.41) is 7.79. The molecule has 1 amide bonds. The molecule has 0 radical (unpaired) electrons. The largest absolute Gasteiger partial charge is 0.352 e. The minimum atomic E-state index is -0.156. The third-order valence-corrected chi connectivity index (χ3v) is 4.87. The minimum absolute atomic E-state index is 0.156. The molecule has 0 saturated heterocycles. The van der Waals surface area contributed by atoms with E-state index in [4.69, 9.17) is 11.6 Å². The number of amides is 1. The molecule has 5 heteroatoms. The van der Waals surface area contributed by atoms with E-state index in [1.54, 1.807) is 4.68 Å². The lowest BCUT2D eigenvalue weighted by atomic mass is 10.1. The number of rotatable bonds is 8. The Bertz CT molecular complexity index is 875. The van der Waals surface area contributed by atoms with Crippen LogP contribution in [0.1, 0.15) is 40.0 Å². The normalized spacial score (nSPS) is 10.7. The number of carbonyl (C=O) groups excluding carboxylic acids is 1. The van der Waals surface area contributed by atoms with Gasteiger partial charge in [0.1, 0.15) is 5.15 Å². The first kappa shape index (κ1) is 19.2. The fourth-order valence-electron chi connectivity index (χ4n) is 3.06. The van der Waals surface area contributed by atoms with E-state index >= 15 is 0 Å². The van der Waals surface area contributed by atoms with E-state index in [-0.39, 0.29) is 5.91 Å². The van der Waals surface area contributed by atoms with Crippen LogP contribution < -0.4 is 5.32 Å². The Labute approximate surface area is 165 Å². The van der Waals surface area contributed by atoms with Crippen LogP contribution in [0.15, 0.2) is 60.7 Å². The van der Waals surface area contributed by atoms with Crippen molar-refractivity contribution >= 4 is 17.5 Å². The molecule has 0 fully saturated rings. The summed E-state index contributed by atoms with van der Waals surface area (Å²) in [6.07, 6.45) is 2.98. The summed E-state index contributed by atoms with van der Waals surface area (Å²) >= 11 is 6.43. The number of carbonyl (C=O) groups is 1. The summed E-state index contributed by atoms with van der Waals surface area (Å²) in [5.41, 5.74) is 3.54. The Morgan fingerprint density at radius 1 is 1.00 bits per heavy atom. The quantitative estimate of drug-likeness (QED) is 0.577. The fourth-order valence-corrected chi connectivity index (χ4v) is 3.38. The molecular weight excluding hydrogens is 358 g/mol. The van der Waals surface area contributed by atoms with Crippen LogP contribution in [0.3, 0.4) is 0 Å². The van der Waals surface area contributed by atoms with Gasteiger partial charge in [-0.25, -0.2) is 4.68 Å². The fraction of sp³-hybridized carbons (Fsp3) is 0.273. The Morgan fingerprint density at radius 3 is 2.30 bits per heavy atom. The number of aryl methyl sites for hydroxylation is 2. The number of nitrogens with one attached hydrogen (secondary N) is 1. The zero-order valence-corrected chi connectivity index (χ0v) is 16.2. The summed E-state index contributed by atoms with van der Waals surface area (Å²) in [5.74, 6) is -0.156. The molecule has 0 spiro atoms. The average Bonchev–Trinajstić information content (AvgIpc) is 2.96. The van der Waals surface area contributed by atoms with Crippen molar-refractivity contribution in [1.82, 2.24) is 15.1 Å². The van der Waals surface area contributed by atoms with E-state index in [1.807, 2.05) is 43.3 Å². The topological polar surface area (TPSA) is 46.9 Å². The number of halogens is 1. The standard InChI is InChI=1S/C22H24ClN3O/c1-17-20(21(23)26(25-17)16-19-13-6-3-7-14-19)22(27)24-15-9-8-12-18-10-4-2-5-11-18/h2-7,10-11,13-14H,8-9,12,15-16H2,1H3,(H,24,27). The van der Waals surface area contributed by atoms with Crippen LogP contribution >= 0.6 is 11.6 Å². The molecular formula is C22H24ClN3O. The average molecular weight is 382 g/mol. The van der Waals surface area contributed by atoms with Gasteiger partial charge in [0.05, 0.1) is 17.8 Å². The van der Waals surface area contributed by atoms with Crippen LogP contribution in [0, 0.1) is 6.92 Å². The van der Waals surface area contributed by atoms with E-state index in [0.29, 0.717) is 29.5 Å². The molecule has 1 aromatic heterocycles. The van der Waals surface area contributed by atoms with Crippen molar-refractivity contribution in [1.29, 1.82) is 0 Å². The van der Waals surface area contributed by atoms with Gasteiger partial charge in [0.2, 0.25) is 0 Å². The Morgan fingerprint density at radius 2 is 1.63 bits per heavy atom. The highest BCUT2D eigenvalue weighted by Gasteiger charge is 2.20. The van der Waals surface area contributed by atoms with Crippen LogP contribution in [0.25, 0.3) is 0 Å². The summed E-state index contributed by atoms with van der Waals surface area (Å²) in [6, 6.07) is 20.3. The van der Waals surface area contributed by atoms with Crippen molar-refractivity contribution in [2.24, 2.45) is 0 Å². The summed E-state index contributed by atoms with van der Waals surface area (Å²) in [4.78, 5) is 12.5. The second-order valence-corrected chi connectivity index (χ2v) is 6.95. The summed E-state index contributed by atoms with van der Waals surface area (Å²) in [6.45, 7) is 2.99. The van der Waals surface area contributed by atoms with Gasteiger partial charge >= 0.3 is 0 Å². The summed E-state index contributed by atoms with van der Waals surface area (Å²) < 4.78 is 1.68. The highest BCUT2D eigenvalue weighted by atomic mass is 35.5. The zero-order chi connectivity index (χ0) is 19.1. The van der Waals surface area contributed by atoms with Crippen LogP contribution in [-0.2, 0) is 13.0 Å². The number of aromatic nitrogens is 2. The maximum absolute atomic E-state index is 12.5. The van der Waals surface area contributed by atoms with Gasteiger partial charge in [-0.1, -0.05) is 72.3 Å². The third kappa shape index (κ3) is 5.20. The smallest absolute Gasteiger partial charge is 0.256 e. The van der Waals surface area contributed by atoms with E-state index in [0.717, 1.165) is 24.8 Å². The molecule has 0 aliphatic heterocycles. The van der Waals surface area contributed by atoms with Crippen LogP contribution in [0.5, 0.6) is 0 Å². The molecule has 0 aliphatic rings. The lowest BCUT2D eigenvalue weighted by Crippen LogP contribution is -2.25. The zero-order valence-electron chi connectivity index (χ0n) is 15.5. The van der Waals surface area contributed by atoms with Gasteiger partial charge in [-0.2, -0.15) is 5.10 Å². The number of nitrogens with zero attached hydrogens (tertiary/aromatic N) is 2. The Hall–Kier alpha value is -2.59. The predicted molar refractivity (Wildman–Crippen MR) is 109 cm³/mol. The van der Waals surface area contributed by atoms with Crippen molar-refractivity contribution in [2.45, 2.75) is 32.7 Å². The molecule has 4 nitrogen and oxygen atoms in total. The Balaban J connectivity index is 1.52. The molecule has 27 heavy (non-hydrogen) atoms. The number of hydrogen-bond donors (Lipinski definition) is 1. The first-order chi connectivity index (χ1) is 13.1. The maximum Gasteiger partial charge on any atom is 0.256 e.